The molecule has 1 radical (unpaired) electrons. The van der Waals surface area contributed by atoms with Gasteiger partial charge in [0.1, 0.15) is 6.29 Å². The predicted molar refractivity (Wildman–Crippen MR) is 38.1 cm³/mol. The number of hydrogen-bond acceptors (Lipinski definition) is 3. The molecule has 0 aromatic heterocycles. The Morgan fingerprint density at radius 1 is 1.30 bits per heavy atom. The highest BCUT2D eigenvalue weighted by Crippen LogP contribution is 2.02. The van der Waals surface area contributed by atoms with Crippen LogP contribution in [0.15, 0.2) is 0 Å². The fourth-order valence-electron chi connectivity index (χ4n) is 1.41. The minimum absolute atomic E-state index is 0.322. The molecule has 2 saturated heterocycles. The van der Waals surface area contributed by atoms with Gasteiger partial charge in [-0.3, -0.25) is 10.6 Å². The molecule has 0 aromatic carbocycles. The first kappa shape index (κ1) is 6.54. The lowest BCUT2D eigenvalue weighted by Gasteiger charge is -2.21. The summed E-state index contributed by atoms with van der Waals surface area (Å²) in [7, 11) is 0. The molecule has 2 aliphatic heterocycles. The molecule has 0 aliphatic carbocycles. The van der Waals surface area contributed by atoms with Crippen LogP contribution in [0.4, 0.5) is 0 Å². The number of nitrogens with one attached hydrogen (secondary N) is 2. The molecule has 57 valence electrons. The van der Waals surface area contributed by atoms with E-state index in [0.29, 0.717) is 6.29 Å². The van der Waals surface area contributed by atoms with Gasteiger partial charge < -0.3 is 0 Å². The molecule has 2 fully saturated rings. The normalized spacial score (nSPS) is 30.0. The summed E-state index contributed by atoms with van der Waals surface area (Å²) in [4.78, 5) is 0. The second-order valence-corrected chi connectivity index (χ2v) is 2.69. The Morgan fingerprint density at radius 3 is 2.70 bits per heavy atom. The van der Waals surface area contributed by atoms with Crippen molar-refractivity contribution >= 4 is 0 Å². The third-order valence-corrected chi connectivity index (χ3v) is 1.93. The van der Waals surface area contributed by atoms with Crippen molar-refractivity contribution < 1.29 is 0 Å². The van der Waals surface area contributed by atoms with Gasteiger partial charge in [0.05, 0.1) is 0 Å². The van der Waals surface area contributed by atoms with Crippen LogP contribution in [0.1, 0.15) is 6.42 Å². The SMILES string of the molecule is C1C[N]N(C2NCCN2)C1. The Morgan fingerprint density at radius 2 is 2.10 bits per heavy atom. The van der Waals surface area contributed by atoms with Gasteiger partial charge >= 0.3 is 0 Å². The van der Waals surface area contributed by atoms with Gasteiger partial charge in [0.15, 0.2) is 0 Å². The molecule has 0 aromatic rings. The van der Waals surface area contributed by atoms with Crippen LogP contribution in [0.5, 0.6) is 0 Å². The Hall–Kier alpha value is -0.160. The van der Waals surface area contributed by atoms with E-state index in [-0.39, 0.29) is 0 Å². The summed E-state index contributed by atoms with van der Waals surface area (Å²) in [5.41, 5.74) is 4.33. The molecule has 0 saturated carbocycles. The average molecular weight is 141 g/mol. The standard InChI is InChI=1S/C6H13N4/c1-2-9-10(5-1)6-7-3-4-8-6/h6-8H,1-5H2. The van der Waals surface area contributed by atoms with Gasteiger partial charge in [-0.05, 0) is 6.42 Å². The first-order valence-electron chi connectivity index (χ1n) is 3.88. The third kappa shape index (κ3) is 1.15. The van der Waals surface area contributed by atoms with E-state index in [1.807, 2.05) is 0 Å². The monoisotopic (exact) mass is 141 g/mol. The maximum Gasteiger partial charge on any atom is 0.128 e. The molecular formula is C6H13N4. The smallest absolute Gasteiger partial charge is 0.128 e. The highest BCUT2D eigenvalue weighted by Gasteiger charge is 2.24. The van der Waals surface area contributed by atoms with E-state index in [0.717, 1.165) is 26.2 Å². The Bertz CT molecular complexity index is 90.3. The first-order valence-corrected chi connectivity index (χ1v) is 3.88. The minimum Gasteiger partial charge on any atom is -0.287 e. The van der Waals surface area contributed by atoms with Gasteiger partial charge in [-0.2, -0.15) is 10.4 Å². The van der Waals surface area contributed by atoms with Gasteiger partial charge in [0.25, 0.3) is 0 Å². The summed E-state index contributed by atoms with van der Waals surface area (Å²) in [6, 6.07) is 0. The van der Waals surface area contributed by atoms with Crippen molar-refractivity contribution in [3.63, 3.8) is 0 Å². The van der Waals surface area contributed by atoms with Crippen LogP contribution >= 0.6 is 0 Å². The maximum absolute atomic E-state index is 4.33. The van der Waals surface area contributed by atoms with Gasteiger partial charge in [-0.15, -0.1) is 0 Å². The molecule has 2 heterocycles. The molecule has 10 heavy (non-hydrogen) atoms. The lowest BCUT2D eigenvalue weighted by atomic mass is 10.5. The highest BCUT2D eigenvalue weighted by molar-refractivity contribution is 4.74. The lowest BCUT2D eigenvalue weighted by Crippen LogP contribution is -2.49. The summed E-state index contributed by atoms with van der Waals surface area (Å²) in [5.74, 6) is 0. The lowest BCUT2D eigenvalue weighted by molar-refractivity contribution is 0.138. The fraction of sp³-hybridized carbons (Fsp3) is 1.00. The van der Waals surface area contributed by atoms with Crippen molar-refractivity contribution in [3.05, 3.63) is 0 Å². The van der Waals surface area contributed by atoms with Crippen molar-refractivity contribution in [1.29, 1.82) is 0 Å². The summed E-state index contributed by atoms with van der Waals surface area (Å²) in [6.45, 7) is 4.23. The molecule has 4 heteroatoms. The summed E-state index contributed by atoms with van der Waals surface area (Å²) >= 11 is 0. The van der Waals surface area contributed by atoms with E-state index in [9.17, 15) is 0 Å². The van der Waals surface area contributed by atoms with Gasteiger partial charge in [0.2, 0.25) is 0 Å². The quantitative estimate of drug-likeness (QED) is 0.476. The minimum atomic E-state index is 0.322. The van der Waals surface area contributed by atoms with Crippen molar-refractivity contribution in [2.75, 3.05) is 26.2 Å². The molecule has 0 amide bonds. The van der Waals surface area contributed by atoms with Gasteiger partial charge in [0, 0.05) is 26.2 Å². The van der Waals surface area contributed by atoms with Crippen molar-refractivity contribution in [1.82, 2.24) is 21.1 Å². The molecule has 0 unspecified atom stereocenters. The zero-order valence-corrected chi connectivity index (χ0v) is 6.01. The Labute approximate surface area is 60.9 Å². The van der Waals surface area contributed by atoms with Crippen LogP contribution in [0.2, 0.25) is 0 Å². The van der Waals surface area contributed by atoms with Crippen molar-refractivity contribution in [2.24, 2.45) is 0 Å². The van der Waals surface area contributed by atoms with E-state index in [1.165, 1.54) is 6.42 Å². The van der Waals surface area contributed by atoms with E-state index in [4.69, 9.17) is 0 Å². The molecule has 2 aliphatic rings. The molecule has 2 N–H and O–H groups in total. The largest absolute Gasteiger partial charge is 0.287 e. The summed E-state index contributed by atoms with van der Waals surface area (Å²) < 4.78 is 0. The molecule has 0 atom stereocenters. The number of rotatable bonds is 1. The third-order valence-electron chi connectivity index (χ3n) is 1.93. The predicted octanol–water partition coefficient (Wildman–Crippen LogP) is -1.31. The molecule has 4 nitrogen and oxygen atoms in total. The zero-order chi connectivity index (χ0) is 6.81. The van der Waals surface area contributed by atoms with Crippen LogP contribution in [0.3, 0.4) is 0 Å². The molecule has 2 rings (SSSR count). The topological polar surface area (TPSA) is 41.4 Å². The second kappa shape index (κ2) is 2.84. The second-order valence-electron chi connectivity index (χ2n) is 2.69. The van der Waals surface area contributed by atoms with Crippen LogP contribution in [-0.4, -0.2) is 37.5 Å². The number of hydrogen-bond donors (Lipinski definition) is 2. The van der Waals surface area contributed by atoms with Gasteiger partial charge in [-0.1, -0.05) is 0 Å². The van der Waals surface area contributed by atoms with E-state index in [1.54, 1.807) is 0 Å². The van der Waals surface area contributed by atoms with Crippen molar-refractivity contribution in [2.45, 2.75) is 12.7 Å². The van der Waals surface area contributed by atoms with Crippen LogP contribution in [0.25, 0.3) is 0 Å². The van der Waals surface area contributed by atoms with Crippen molar-refractivity contribution in [3.8, 4) is 0 Å². The van der Waals surface area contributed by atoms with E-state index >= 15 is 0 Å². The van der Waals surface area contributed by atoms with E-state index < -0.39 is 0 Å². The van der Waals surface area contributed by atoms with Gasteiger partial charge in [-0.25, -0.2) is 0 Å². The fourth-order valence-corrected chi connectivity index (χ4v) is 1.41. The highest BCUT2D eigenvalue weighted by atomic mass is 15.6. The van der Waals surface area contributed by atoms with E-state index in [2.05, 4.69) is 21.1 Å². The Balaban J connectivity index is 1.85. The zero-order valence-electron chi connectivity index (χ0n) is 6.01. The first-order chi connectivity index (χ1) is 4.97. The molecule has 0 spiro atoms. The summed E-state index contributed by atoms with van der Waals surface area (Å²) in [6.07, 6.45) is 1.53. The average Bonchev–Trinajstić information content (AvgIpc) is 2.59. The maximum atomic E-state index is 4.33. The van der Waals surface area contributed by atoms with Crippen LogP contribution in [-0.2, 0) is 0 Å². The summed E-state index contributed by atoms with van der Waals surface area (Å²) in [5, 5.41) is 8.74. The molecular weight excluding hydrogens is 128 g/mol. The number of nitrogens with zero attached hydrogens (tertiary/aromatic N) is 2. The van der Waals surface area contributed by atoms with Crippen LogP contribution in [0, 0.1) is 0 Å². The molecule has 0 bridgehead atoms. The Kier molecular flexibility index (Phi) is 1.86. The van der Waals surface area contributed by atoms with Crippen LogP contribution < -0.4 is 16.1 Å².